The molecule has 1 aromatic heterocycles. The molecule has 0 radical (unpaired) electrons. The number of nitrogens with zero attached hydrogens (tertiary/aromatic N) is 2. The van der Waals surface area contributed by atoms with Gasteiger partial charge in [-0.05, 0) is 37.1 Å². The maximum absolute atomic E-state index is 12.6. The normalized spacial score (nSPS) is 11.7. The van der Waals surface area contributed by atoms with E-state index in [2.05, 4.69) is 10.4 Å². The highest BCUT2D eigenvalue weighted by Crippen LogP contribution is 2.30. The minimum absolute atomic E-state index is 0.0326. The van der Waals surface area contributed by atoms with Crippen LogP contribution in [-0.2, 0) is 19.3 Å². The monoisotopic (exact) mass is 313 g/mol. The van der Waals surface area contributed by atoms with Gasteiger partial charge in [0.1, 0.15) is 5.82 Å². The lowest BCUT2D eigenvalue weighted by molar-refractivity contribution is -0.137. The van der Waals surface area contributed by atoms with Gasteiger partial charge in [0.15, 0.2) is 0 Å². The Labute approximate surface area is 126 Å². The molecule has 0 aliphatic carbocycles. The molecule has 0 amide bonds. The predicted octanol–water partition coefficient (Wildman–Crippen LogP) is 3.12. The summed E-state index contributed by atoms with van der Waals surface area (Å²) in [6.07, 6.45) is -4.33. The SMILES string of the molecule is Cc1cc(NCc2ccc(C(F)(F)F)cc2C)n(CCO)n1. The van der Waals surface area contributed by atoms with Gasteiger partial charge in [-0.3, -0.25) is 0 Å². The molecule has 120 valence electrons. The summed E-state index contributed by atoms with van der Waals surface area (Å²) in [5, 5.41) is 16.4. The summed E-state index contributed by atoms with van der Waals surface area (Å²) in [7, 11) is 0. The molecular weight excluding hydrogens is 295 g/mol. The zero-order valence-electron chi connectivity index (χ0n) is 12.4. The molecule has 0 spiro atoms. The third-order valence-electron chi connectivity index (χ3n) is 3.34. The van der Waals surface area contributed by atoms with Crippen molar-refractivity contribution in [1.29, 1.82) is 0 Å². The van der Waals surface area contributed by atoms with Crippen molar-refractivity contribution in [3.8, 4) is 0 Å². The van der Waals surface area contributed by atoms with Crippen molar-refractivity contribution in [3.05, 3.63) is 46.6 Å². The van der Waals surface area contributed by atoms with Gasteiger partial charge in [-0.2, -0.15) is 18.3 Å². The molecule has 7 heteroatoms. The number of halogens is 3. The molecule has 0 fully saturated rings. The van der Waals surface area contributed by atoms with Crippen LogP contribution in [0.4, 0.5) is 19.0 Å². The molecule has 4 nitrogen and oxygen atoms in total. The fourth-order valence-electron chi connectivity index (χ4n) is 2.21. The third kappa shape index (κ3) is 3.79. The maximum atomic E-state index is 12.6. The third-order valence-corrected chi connectivity index (χ3v) is 3.34. The molecule has 0 atom stereocenters. The van der Waals surface area contributed by atoms with E-state index < -0.39 is 11.7 Å². The standard InChI is InChI=1S/C15H18F3N3O/c1-10-7-13(15(16,17)18)4-3-12(10)9-19-14-8-11(2)20-21(14)5-6-22/h3-4,7-8,19,22H,5-6,9H2,1-2H3. The molecule has 2 aromatic rings. The summed E-state index contributed by atoms with van der Waals surface area (Å²) >= 11 is 0. The van der Waals surface area contributed by atoms with Crippen molar-refractivity contribution in [2.75, 3.05) is 11.9 Å². The lowest BCUT2D eigenvalue weighted by atomic mass is 10.0. The van der Waals surface area contributed by atoms with E-state index in [-0.39, 0.29) is 6.61 Å². The molecule has 2 N–H and O–H groups in total. The van der Waals surface area contributed by atoms with Crippen LogP contribution in [0.2, 0.25) is 0 Å². The molecule has 0 unspecified atom stereocenters. The summed E-state index contributed by atoms with van der Waals surface area (Å²) in [5.41, 5.74) is 1.52. The summed E-state index contributed by atoms with van der Waals surface area (Å²) in [6.45, 7) is 4.21. The predicted molar refractivity (Wildman–Crippen MR) is 77.6 cm³/mol. The van der Waals surface area contributed by atoms with Crippen LogP contribution in [0.15, 0.2) is 24.3 Å². The number of aromatic nitrogens is 2. The minimum Gasteiger partial charge on any atom is -0.394 e. The first kappa shape index (κ1) is 16.4. The van der Waals surface area contributed by atoms with E-state index in [0.29, 0.717) is 18.7 Å². The molecular formula is C15H18F3N3O. The van der Waals surface area contributed by atoms with Crippen LogP contribution < -0.4 is 5.32 Å². The number of alkyl halides is 3. The van der Waals surface area contributed by atoms with E-state index in [1.54, 1.807) is 11.6 Å². The number of nitrogens with one attached hydrogen (secondary N) is 1. The number of aliphatic hydroxyl groups excluding tert-OH is 1. The average Bonchev–Trinajstić information content (AvgIpc) is 2.77. The Morgan fingerprint density at radius 1 is 1.23 bits per heavy atom. The second-order valence-electron chi connectivity index (χ2n) is 5.11. The van der Waals surface area contributed by atoms with Gasteiger partial charge >= 0.3 is 6.18 Å². The zero-order chi connectivity index (χ0) is 16.3. The lowest BCUT2D eigenvalue weighted by Crippen LogP contribution is -2.11. The van der Waals surface area contributed by atoms with Crippen LogP contribution in [-0.4, -0.2) is 21.5 Å². The summed E-state index contributed by atoms with van der Waals surface area (Å²) in [6, 6.07) is 5.54. The zero-order valence-corrected chi connectivity index (χ0v) is 12.4. The quantitative estimate of drug-likeness (QED) is 0.891. The topological polar surface area (TPSA) is 50.1 Å². The Bertz CT molecular complexity index is 650. The van der Waals surface area contributed by atoms with Crippen LogP contribution in [0.5, 0.6) is 0 Å². The maximum Gasteiger partial charge on any atom is 0.416 e. The largest absolute Gasteiger partial charge is 0.416 e. The number of aryl methyl sites for hydroxylation is 2. The van der Waals surface area contributed by atoms with Crippen molar-refractivity contribution in [1.82, 2.24) is 9.78 Å². The number of benzene rings is 1. The first-order valence-corrected chi connectivity index (χ1v) is 6.87. The van der Waals surface area contributed by atoms with Crippen LogP contribution in [0.3, 0.4) is 0 Å². The van der Waals surface area contributed by atoms with Crippen molar-refractivity contribution in [2.24, 2.45) is 0 Å². The van der Waals surface area contributed by atoms with Gasteiger partial charge in [0.05, 0.1) is 24.4 Å². The summed E-state index contributed by atoms with van der Waals surface area (Å²) in [4.78, 5) is 0. The van der Waals surface area contributed by atoms with E-state index in [9.17, 15) is 13.2 Å². The van der Waals surface area contributed by atoms with Gasteiger partial charge in [-0.1, -0.05) is 6.07 Å². The number of rotatable bonds is 5. The lowest BCUT2D eigenvalue weighted by Gasteiger charge is -2.13. The second-order valence-corrected chi connectivity index (χ2v) is 5.11. The van der Waals surface area contributed by atoms with E-state index in [1.807, 2.05) is 13.0 Å². The Balaban J connectivity index is 2.12. The van der Waals surface area contributed by atoms with Crippen molar-refractivity contribution < 1.29 is 18.3 Å². The van der Waals surface area contributed by atoms with E-state index in [4.69, 9.17) is 5.11 Å². The van der Waals surface area contributed by atoms with Gasteiger partial charge in [-0.15, -0.1) is 0 Å². The van der Waals surface area contributed by atoms with Gasteiger partial charge in [-0.25, -0.2) is 4.68 Å². The number of hydrogen-bond donors (Lipinski definition) is 2. The molecule has 0 bridgehead atoms. The van der Waals surface area contributed by atoms with Crippen LogP contribution in [0, 0.1) is 13.8 Å². The van der Waals surface area contributed by atoms with Gasteiger partial charge in [0, 0.05) is 12.6 Å². The van der Waals surface area contributed by atoms with E-state index in [1.165, 1.54) is 6.07 Å². The number of aliphatic hydroxyl groups is 1. The van der Waals surface area contributed by atoms with E-state index >= 15 is 0 Å². The van der Waals surface area contributed by atoms with Gasteiger partial charge < -0.3 is 10.4 Å². The fourth-order valence-corrected chi connectivity index (χ4v) is 2.21. The van der Waals surface area contributed by atoms with Crippen molar-refractivity contribution in [3.63, 3.8) is 0 Å². The first-order chi connectivity index (χ1) is 10.3. The molecule has 22 heavy (non-hydrogen) atoms. The first-order valence-electron chi connectivity index (χ1n) is 6.87. The number of anilines is 1. The van der Waals surface area contributed by atoms with Gasteiger partial charge in [0.2, 0.25) is 0 Å². The van der Waals surface area contributed by atoms with Crippen LogP contribution >= 0.6 is 0 Å². The van der Waals surface area contributed by atoms with Crippen molar-refractivity contribution >= 4 is 5.82 Å². The Kier molecular flexibility index (Phi) is 4.75. The average molecular weight is 313 g/mol. The Morgan fingerprint density at radius 3 is 2.55 bits per heavy atom. The van der Waals surface area contributed by atoms with Crippen LogP contribution in [0.1, 0.15) is 22.4 Å². The minimum atomic E-state index is -4.33. The molecule has 0 saturated heterocycles. The van der Waals surface area contributed by atoms with E-state index in [0.717, 1.165) is 29.2 Å². The van der Waals surface area contributed by atoms with Gasteiger partial charge in [0.25, 0.3) is 0 Å². The van der Waals surface area contributed by atoms with Crippen LogP contribution in [0.25, 0.3) is 0 Å². The highest BCUT2D eigenvalue weighted by molar-refractivity contribution is 5.40. The summed E-state index contributed by atoms with van der Waals surface area (Å²) < 4.78 is 39.6. The fraction of sp³-hybridized carbons (Fsp3) is 0.400. The highest BCUT2D eigenvalue weighted by atomic mass is 19.4. The molecule has 0 aliphatic rings. The van der Waals surface area contributed by atoms with Crippen molar-refractivity contribution in [2.45, 2.75) is 33.1 Å². The molecule has 1 aromatic carbocycles. The Morgan fingerprint density at radius 2 is 1.95 bits per heavy atom. The smallest absolute Gasteiger partial charge is 0.394 e. The number of hydrogen-bond acceptors (Lipinski definition) is 3. The second kappa shape index (κ2) is 6.39. The Hall–Kier alpha value is -2.02. The molecule has 0 aliphatic heterocycles. The molecule has 0 saturated carbocycles. The highest BCUT2D eigenvalue weighted by Gasteiger charge is 2.30. The molecule has 2 rings (SSSR count). The molecule has 1 heterocycles. The summed E-state index contributed by atoms with van der Waals surface area (Å²) in [5.74, 6) is 0.728.